The first-order valence-electron chi connectivity index (χ1n) is 5.85. The Morgan fingerprint density at radius 3 is 2.50 bits per heavy atom. The van der Waals surface area contributed by atoms with Crippen molar-refractivity contribution in [1.82, 2.24) is 10.2 Å². The highest BCUT2D eigenvalue weighted by Gasteiger charge is 2.17. The van der Waals surface area contributed by atoms with Crippen LogP contribution in [0.1, 0.15) is 10.5 Å². The normalized spacial score (nSPS) is 10.7. The summed E-state index contributed by atoms with van der Waals surface area (Å²) < 4.78 is 27.0. The predicted octanol–water partition coefficient (Wildman–Crippen LogP) is 3.09. The maximum Gasteiger partial charge on any atom is 0.276 e. The molecule has 4 nitrogen and oxygen atoms in total. The van der Waals surface area contributed by atoms with Gasteiger partial charge in [-0.2, -0.15) is 5.10 Å². The number of fused-ring (bicyclic) bond motifs is 1. The van der Waals surface area contributed by atoms with E-state index in [0.717, 1.165) is 12.1 Å². The fourth-order valence-corrected chi connectivity index (χ4v) is 1.93. The fourth-order valence-electron chi connectivity index (χ4n) is 1.93. The highest BCUT2D eigenvalue weighted by atomic mass is 19.1. The number of carbonyl (C=O) groups excluding carboxylic acids is 1. The number of anilines is 1. The van der Waals surface area contributed by atoms with Gasteiger partial charge in [0.2, 0.25) is 0 Å². The van der Waals surface area contributed by atoms with E-state index in [1.165, 1.54) is 6.07 Å². The van der Waals surface area contributed by atoms with Gasteiger partial charge in [0.15, 0.2) is 5.69 Å². The predicted molar refractivity (Wildman–Crippen MR) is 70.4 cm³/mol. The van der Waals surface area contributed by atoms with Gasteiger partial charge in [-0.25, -0.2) is 8.78 Å². The molecule has 1 heterocycles. The van der Waals surface area contributed by atoms with Crippen molar-refractivity contribution in [1.29, 1.82) is 0 Å². The van der Waals surface area contributed by atoms with Crippen molar-refractivity contribution in [3.05, 3.63) is 59.8 Å². The van der Waals surface area contributed by atoms with Gasteiger partial charge in [-0.05, 0) is 18.2 Å². The lowest BCUT2D eigenvalue weighted by atomic mass is 10.2. The number of nitrogens with one attached hydrogen (secondary N) is 2. The van der Waals surface area contributed by atoms with Crippen LogP contribution in [-0.2, 0) is 0 Å². The van der Waals surface area contributed by atoms with Crippen LogP contribution in [0.2, 0.25) is 0 Å². The minimum Gasteiger partial charge on any atom is -0.316 e. The van der Waals surface area contributed by atoms with Crippen LogP contribution in [0.15, 0.2) is 42.5 Å². The molecule has 2 N–H and O–H groups in total. The zero-order valence-electron chi connectivity index (χ0n) is 10.2. The molecule has 0 aliphatic heterocycles. The summed E-state index contributed by atoms with van der Waals surface area (Å²) in [5.41, 5.74) is 0.277. The molecule has 100 valence electrons. The summed E-state index contributed by atoms with van der Waals surface area (Å²) in [6.45, 7) is 0. The number of aromatic nitrogens is 2. The number of hydrogen-bond donors (Lipinski definition) is 2. The monoisotopic (exact) mass is 273 g/mol. The number of carbonyl (C=O) groups is 1. The van der Waals surface area contributed by atoms with Crippen molar-refractivity contribution in [2.24, 2.45) is 0 Å². The molecule has 2 aromatic carbocycles. The molecule has 6 heteroatoms. The van der Waals surface area contributed by atoms with E-state index >= 15 is 0 Å². The molecule has 3 aromatic rings. The van der Waals surface area contributed by atoms with Crippen LogP contribution in [0.3, 0.4) is 0 Å². The Morgan fingerprint density at radius 1 is 1.05 bits per heavy atom. The van der Waals surface area contributed by atoms with Crippen LogP contribution in [0.4, 0.5) is 14.5 Å². The van der Waals surface area contributed by atoms with Crippen LogP contribution in [-0.4, -0.2) is 16.1 Å². The van der Waals surface area contributed by atoms with Crippen molar-refractivity contribution in [3.63, 3.8) is 0 Å². The smallest absolute Gasteiger partial charge is 0.276 e. The first kappa shape index (κ1) is 12.3. The second-order valence-corrected chi connectivity index (χ2v) is 4.17. The molecule has 0 unspecified atom stereocenters. The Bertz CT molecular complexity index is 778. The number of para-hydroxylation sites is 2. The Morgan fingerprint density at radius 2 is 1.75 bits per heavy atom. The lowest BCUT2D eigenvalue weighted by Gasteiger charge is -2.05. The van der Waals surface area contributed by atoms with Crippen LogP contribution in [0.25, 0.3) is 10.9 Å². The quantitative estimate of drug-likeness (QED) is 0.753. The molecule has 0 spiro atoms. The summed E-state index contributed by atoms with van der Waals surface area (Å²) in [6.07, 6.45) is 0. The molecule has 0 aliphatic rings. The third-order valence-electron chi connectivity index (χ3n) is 2.89. The molecule has 20 heavy (non-hydrogen) atoms. The number of H-pyrrole nitrogens is 1. The Hall–Kier alpha value is -2.76. The first-order valence-corrected chi connectivity index (χ1v) is 5.85. The van der Waals surface area contributed by atoms with Crippen molar-refractivity contribution >= 4 is 22.5 Å². The standard InChI is InChI=1S/C14H9F2N3O/c15-9-5-3-6-10(16)13(9)17-14(20)12-8-4-1-2-7-11(8)18-19-12/h1-7H,(H,17,20)(H,18,19). The number of hydrogen-bond acceptors (Lipinski definition) is 2. The van der Waals surface area contributed by atoms with Gasteiger partial charge in [0.05, 0.1) is 5.52 Å². The van der Waals surface area contributed by atoms with E-state index in [0.29, 0.717) is 10.9 Å². The molecule has 0 saturated carbocycles. The minimum absolute atomic E-state index is 0.0863. The Labute approximate surface area is 112 Å². The molecule has 0 fully saturated rings. The highest BCUT2D eigenvalue weighted by Crippen LogP contribution is 2.21. The first-order chi connectivity index (χ1) is 9.66. The van der Waals surface area contributed by atoms with Gasteiger partial charge in [0.25, 0.3) is 5.91 Å². The van der Waals surface area contributed by atoms with Gasteiger partial charge in [-0.15, -0.1) is 0 Å². The fraction of sp³-hybridized carbons (Fsp3) is 0. The summed E-state index contributed by atoms with van der Waals surface area (Å²) in [7, 11) is 0. The summed E-state index contributed by atoms with van der Waals surface area (Å²) in [6, 6.07) is 10.4. The zero-order valence-corrected chi connectivity index (χ0v) is 10.2. The third-order valence-corrected chi connectivity index (χ3v) is 2.89. The molecule has 0 bridgehead atoms. The van der Waals surface area contributed by atoms with Gasteiger partial charge in [-0.1, -0.05) is 24.3 Å². The number of aromatic amines is 1. The van der Waals surface area contributed by atoms with Gasteiger partial charge >= 0.3 is 0 Å². The second kappa shape index (κ2) is 4.73. The average Bonchev–Trinajstić information content (AvgIpc) is 2.87. The molecule has 0 aliphatic carbocycles. The van der Waals surface area contributed by atoms with E-state index in [2.05, 4.69) is 15.5 Å². The van der Waals surface area contributed by atoms with Crippen LogP contribution in [0.5, 0.6) is 0 Å². The van der Waals surface area contributed by atoms with Crippen LogP contribution < -0.4 is 5.32 Å². The van der Waals surface area contributed by atoms with Crippen molar-refractivity contribution in [2.45, 2.75) is 0 Å². The van der Waals surface area contributed by atoms with E-state index in [1.807, 2.05) is 0 Å². The van der Waals surface area contributed by atoms with Gasteiger partial charge in [0, 0.05) is 5.39 Å². The minimum atomic E-state index is -0.835. The largest absolute Gasteiger partial charge is 0.316 e. The lowest BCUT2D eigenvalue weighted by Crippen LogP contribution is -2.15. The van der Waals surface area contributed by atoms with Crippen LogP contribution >= 0.6 is 0 Å². The molecular weight excluding hydrogens is 264 g/mol. The molecule has 0 atom stereocenters. The molecular formula is C14H9F2N3O. The van der Waals surface area contributed by atoms with E-state index in [9.17, 15) is 13.6 Å². The van der Waals surface area contributed by atoms with Crippen LogP contribution in [0, 0.1) is 11.6 Å². The molecule has 1 aromatic heterocycles. The zero-order chi connectivity index (χ0) is 14.1. The molecule has 0 saturated heterocycles. The molecule has 1 amide bonds. The Kier molecular flexibility index (Phi) is 2.90. The lowest BCUT2D eigenvalue weighted by molar-refractivity contribution is 0.102. The SMILES string of the molecule is O=C(Nc1c(F)cccc1F)c1n[nH]c2ccccc12. The average molecular weight is 273 g/mol. The summed E-state index contributed by atoms with van der Waals surface area (Å²) in [5.74, 6) is -2.34. The number of amides is 1. The Balaban J connectivity index is 1.98. The van der Waals surface area contributed by atoms with Crippen molar-refractivity contribution < 1.29 is 13.6 Å². The van der Waals surface area contributed by atoms with Crippen molar-refractivity contribution in [2.75, 3.05) is 5.32 Å². The molecule has 3 rings (SSSR count). The number of nitrogens with zero attached hydrogens (tertiary/aromatic N) is 1. The maximum absolute atomic E-state index is 13.5. The van der Waals surface area contributed by atoms with Gasteiger partial charge < -0.3 is 5.32 Å². The van der Waals surface area contributed by atoms with E-state index in [1.54, 1.807) is 24.3 Å². The number of rotatable bonds is 2. The maximum atomic E-state index is 13.5. The third kappa shape index (κ3) is 2.01. The summed E-state index contributed by atoms with van der Waals surface area (Å²) >= 11 is 0. The number of benzene rings is 2. The van der Waals surface area contributed by atoms with Crippen molar-refractivity contribution in [3.8, 4) is 0 Å². The van der Waals surface area contributed by atoms with E-state index in [4.69, 9.17) is 0 Å². The summed E-state index contributed by atoms with van der Waals surface area (Å²) in [5, 5.41) is 9.34. The number of halogens is 2. The van der Waals surface area contributed by atoms with Gasteiger partial charge in [0.1, 0.15) is 17.3 Å². The van der Waals surface area contributed by atoms with E-state index in [-0.39, 0.29) is 5.69 Å². The second-order valence-electron chi connectivity index (χ2n) is 4.17. The topological polar surface area (TPSA) is 57.8 Å². The molecule has 0 radical (unpaired) electrons. The highest BCUT2D eigenvalue weighted by molar-refractivity contribution is 6.11. The van der Waals surface area contributed by atoms with E-state index < -0.39 is 23.2 Å². The van der Waals surface area contributed by atoms with Gasteiger partial charge in [-0.3, -0.25) is 9.89 Å². The summed E-state index contributed by atoms with van der Waals surface area (Å²) in [4.78, 5) is 12.1.